The second kappa shape index (κ2) is 7.95. The standard InChI is InChI=1S/C17H12F2N6O2.H2/c18-10-4-11(7-21-6-10)27-12-5-13(16(22-8-12)23-9-20)17(26)25-15-3-1-2-14(19)24-15;/h1-9H,(H2,20,22,23)(H,24,25,26);1H. The van der Waals surface area contributed by atoms with Gasteiger partial charge in [0.05, 0.1) is 30.5 Å². The quantitative estimate of drug-likeness (QED) is 0.404. The molecule has 3 rings (SSSR count). The van der Waals surface area contributed by atoms with Gasteiger partial charge in [-0.05, 0) is 18.2 Å². The fourth-order valence-corrected chi connectivity index (χ4v) is 2.08. The summed E-state index contributed by atoms with van der Waals surface area (Å²) in [6.45, 7) is 0. The smallest absolute Gasteiger partial charge is 0.260 e. The van der Waals surface area contributed by atoms with Crippen molar-refractivity contribution in [2.45, 2.75) is 0 Å². The number of aromatic nitrogens is 3. The molecule has 0 unspecified atom stereocenters. The van der Waals surface area contributed by atoms with E-state index >= 15 is 0 Å². The van der Waals surface area contributed by atoms with Crippen LogP contribution in [-0.2, 0) is 0 Å². The summed E-state index contributed by atoms with van der Waals surface area (Å²) in [5.74, 6) is -1.73. The van der Waals surface area contributed by atoms with Gasteiger partial charge in [-0.15, -0.1) is 0 Å². The Kier molecular flexibility index (Phi) is 5.26. The third-order valence-electron chi connectivity index (χ3n) is 3.16. The van der Waals surface area contributed by atoms with E-state index in [9.17, 15) is 13.6 Å². The zero-order valence-electron chi connectivity index (χ0n) is 13.6. The van der Waals surface area contributed by atoms with E-state index in [4.69, 9.17) is 10.5 Å². The number of amides is 1. The largest absolute Gasteiger partial charge is 0.454 e. The van der Waals surface area contributed by atoms with Crippen LogP contribution in [0.1, 0.15) is 11.8 Å². The number of pyridine rings is 3. The minimum absolute atomic E-state index is 0. The highest BCUT2D eigenvalue weighted by atomic mass is 19.1. The molecule has 0 atom stereocenters. The van der Waals surface area contributed by atoms with Crippen LogP contribution in [0.5, 0.6) is 11.5 Å². The molecule has 1 amide bonds. The Bertz CT molecular complexity index is 1020. The molecule has 0 aliphatic rings. The zero-order valence-corrected chi connectivity index (χ0v) is 13.6. The fourth-order valence-electron chi connectivity index (χ4n) is 2.08. The molecular weight excluding hydrogens is 358 g/mol. The van der Waals surface area contributed by atoms with Gasteiger partial charge in [0, 0.05) is 7.49 Å². The topological polar surface area (TPSA) is 115 Å². The molecule has 0 fully saturated rings. The lowest BCUT2D eigenvalue weighted by Crippen LogP contribution is -2.14. The molecule has 0 aliphatic heterocycles. The summed E-state index contributed by atoms with van der Waals surface area (Å²) in [5.41, 5.74) is 5.26. The summed E-state index contributed by atoms with van der Waals surface area (Å²) in [6, 6.07) is 6.40. The second-order valence-electron chi connectivity index (χ2n) is 5.06. The van der Waals surface area contributed by atoms with Crippen LogP contribution in [0.25, 0.3) is 0 Å². The van der Waals surface area contributed by atoms with Gasteiger partial charge in [0.1, 0.15) is 23.1 Å². The zero-order chi connectivity index (χ0) is 19.2. The normalized spacial score (nSPS) is 10.7. The molecule has 0 saturated carbocycles. The lowest BCUT2D eigenvalue weighted by molar-refractivity contribution is 0.102. The van der Waals surface area contributed by atoms with E-state index in [2.05, 4.69) is 25.3 Å². The van der Waals surface area contributed by atoms with Crippen LogP contribution >= 0.6 is 0 Å². The van der Waals surface area contributed by atoms with Crippen molar-refractivity contribution in [3.8, 4) is 11.5 Å². The second-order valence-corrected chi connectivity index (χ2v) is 5.06. The maximum Gasteiger partial charge on any atom is 0.260 e. The van der Waals surface area contributed by atoms with Gasteiger partial charge >= 0.3 is 0 Å². The minimum atomic E-state index is -0.748. The highest BCUT2D eigenvalue weighted by Crippen LogP contribution is 2.26. The molecule has 0 bridgehead atoms. The predicted molar refractivity (Wildman–Crippen MR) is 95.1 cm³/mol. The van der Waals surface area contributed by atoms with Crippen LogP contribution in [0.2, 0.25) is 0 Å². The van der Waals surface area contributed by atoms with Crippen LogP contribution in [0.15, 0.2) is 53.9 Å². The number of halogens is 2. The van der Waals surface area contributed by atoms with Gasteiger partial charge in [-0.2, -0.15) is 4.39 Å². The van der Waals surface area contributed by atoms with Crippen molar-refractivity contribution in [2.75, 3.05) is 5.32 Å². The first-order chi connectivity index (χ1) is 13.0. The van der Waals surface area contributed by atoms with E-state index in [-0.39, 0.29) is 30.1 Å². The van der Waals surface area contributed by atoms with Gasteiger partial charge in [0.2, 0.25) is 5.95 Å². The number of hydrogen-bond donors (Lipinski definition) is 2. The molecule has 0 radical (unpaired) electrons. The molecule has 27 heavy (non-hydrogen) atoms. The number of anilines is 1. The van der Waals surface area contributed by atoms with Gasteiger partial charge in [-0.1, -0.05) is 6.07 Å². The lowest BCUT2D eigenvalue weighted by Gasteiger charge is -2.09. The summed E-state index contributed by atoms with van der Waals surface area (Å²) >= 11 is 0. The Labute approximate surface area is 153 Å². The van der Waals surface area contributed by atoms with Crippen molar-refractivity contribution >= 4 is 23.9 Å². The molecule has 0 aliphatic carbocycles. The SMILES string of the molecule is N/C=N\c1ncc(Oc2cncc(F)c2)cc1C(=O)Nc1cccc(F)n1.[HH]. The highest BCUT2D eigenvalue weighted by molar-refractivity contribution is 6.07. The van der Waals surface area contributed by atoms with Crippen molar-refractivity contribution in [3.05, 3.63) is 66.3 Å². The molecule has 138 valence electrons. The maximum absolute atomic E-state index is 13.2. The maximum atomic E-state index is 13.2. The Morgan fingerprint density at radius 3 is 2.78 bits per heavy atom. The van der Waals surface area contributed by atoms with Crippen LogP contribution < -0.4 is 15.8 Å². The van der Waals surface area contributed by atoms with E-state index in [0.29, 0.717) is 0 Å². The molecule has 0 aromatic carbocycles. The summed E-state index contributed by atoms with van der Waals surface area (Å²) < 4.78 is 31.9. The van der Waals surface area contributed by atoms with Crippen molar-refractivity contribution in [3.63, 3.8) is 0 Å². The fraction of sp³-hybridized carbons (Fsp3) is 0. The third kappa shape index (κ3) is 4.57. The first kappa shape index (κ1) is 17.9. The van der Waals surface area contributed by atoms with Crippen molar-refractivity contribution in [2.24, 2.45) is 10.7 Å². The van der Waals surface area contributed by atoms with Gasteiger partial charge < -0.3 is 15.8 Å². The van der Waals surface area contributed by atoms with Crippen LogP contribution in [0.4, 0.5) is 20.4 Å². The molecule has 0 saturated heterocycles. The number of rotatable bonds is 5. The third-order valence-corrected chi connectivity index (χ3v) is 3.16. The summed E-state index contributed by atoms with van der Waals surface area (Å²) in [4.78, 5) is 27.5. The van der Waals surface area contributed by atoms with Crippen LogP contribution in [0, 0.1) is 11.8 Å². The Morgan fingerprint density at radius 2 is 2.04 bits per heavy atom. The molecule has 10 heteroatoms. The van der Waals surface area contributed by atoms with E-state index in [1.165, 1.54) is 30.6 Å². The molecule has 0 spiro atoms. The Morgan fingerprint density at radius 1 is 1.22 bits per heavy atom. The molecule has 8 nitrogen and oxygen atoms in total. The van der Waals surface area contributed by atoms with E-state index in [1.54, 1.807) is 0 Å². The molecular formula is C17H14F2N6O2. The number of carbonyl (C=O) groups is 1. The average molecular weight is 372 g/mol. The monoisotopic (exact) mass is 372 g/mol. The van der Waals surface area contributed by atoms with Crippen molar-refractivity contribution < 1.29 is 19.7 Å². The summed E-state index contributed by atoms with van der Waals surface area (Å²) in [7, 11) is 0. The van der Waals surface area contributed by atoms with E-state index in [1.807, 2.05) is 0 Å². The van der Waals surface area contributed by atoms with Crippen molar-refractivity contribution in [1.82, 2.24) is 15.0 Å². The first-order valence-electron chi connectivity index (χ1n) is 7.52. The Balaban J connectivity index is 0.00000280. The number of aliphatic imine (C=N–C) groups is 1. The van der Waals surface area contributed by atoms with E-state index < -0.39 is 17.7 Å². The molecule has 3 N–H and O–H groups in total. The van der Waals surface area contributed by atoms with Crippen LogP contribution in [-0.4, -0.2) is 27.2 Å². The summed E-state index contributed by atoms with van der Waals surface area (Å²) in [6.07, 6.45) is 4.57. The number of nitrogens with zero attached hydrogens (tertiary/aromatic N) is 4. The number of ether oxygens (including phenoxy) is 1. The van der Waals surface area contributed by atoms with Gasteiger partial charge in [-0.25, -0.2) is 19.4 Å². The number of carbonyl (C=O) groups excluding carboxylic acids is 1. The minimum Gasteiger partial charge on any atom is -0.454 e. The van der Waals surface area contributed by atoms with Gasteiger partial charge in [0.25, 0.3) is 5.91 Å². The van der Waals surface area contributed by atoms with Crippen molar-refractivity contribution in [1.29, 1.82) is 0 Å². The summed E-state index contributed by atoms with van der Waals surface area (Å²) in [5, 5.41) is 2.43. The van der Waals surface area contributed by atoms with E-state index in [0.717, 1.165) is 24.7 Å². The van der Waals surface area contributed by atoms with Crippen LogP contribution in [0.3, 0.4) is 0 Å². The predicted octanol–water partition coefficient (Wildman–Crippen LogP) is 3.06. The van der Waals surface area contributed by atoms with Gasteiger partial charge in [-0.3, -0.25) is 9.78 Å². The Hall–Kier alpha value is -3.95. The molecule has 3 aromatic rings. The average Bonchev–Trinajstić information content (AvgIpc) is 2.63. The number of hydrogen-bond acceptors (Lipinski definition) is 6. The number of nitrogens with one attached hydrogen (secondary N) is 1. The first-order valence-corrected chi connectivity index (χ1v) is 7.52. The highest BCUT2D eigenvalue weighted by Gasteiger charge is 2.16. The molecule has 3 aromatic heterocycles. The number of nitrogens with two attached hydrogens (primary N) is 1. The van der Waals surface area contributed by atoms with Gasteiger partial charge in [0.15, 0.2) is 5.82 Å². The lowest BCUT2D eigenvalue weighted by atomic mass is 10.2. The molecule has 3 heterocycles.